The van der Waals surface area contributed by atoms with Gasteiger partial charge >= 0.3 is 0 Å². The molecule has 1 atom stereocenters. The number of benzene rings is 1. The molecule has 0 aliphatic carbocycles. The highest BCUT2D eigenvalue weighted by molar-refractivity contribution is 7.89. The number of aryl methyl sites for hydroxylation is 2. The number of carbonyl (C=O) groups excluding carboxylic acids is 1. The third kappa shape index (κ3) is 3.30. The molecular formula is C16H18N2O4S. The lowest BCUT2D eigenvalue weighted by molar-refractivity contribution is -0.116. The molecule has 3 rings (SSSR count). The van der Waals surface area contributed by atoms with Crippen LogP contribution in [0.1, 0.15) is 36.5 Å². The van der Waals surface area contributed by atoms with Gasteiger partial charge in [0.1, 0.15) is 11.5 Å². The Hall–Kier alpha value is -2.12. The number of rotatable bonds is 4. The van der Waals surface area contributed by atoms with Gasteiger partial charge in [-0.25, -0.2) is 13.1 Å². The molecule has 7 heteroatoms. The molecule has 23 heavy (non-hydrogen) atoms. The molecule has 1 aliphatic heterocycles. The van der Waals surface area contributed by atoms with Crippen LogP contribution in [0.5, 0.6) is 0 Å². The largest absolute Gasteiger partial charge is 0.465 e. The Morgan fingerprint density at radius 1 is 1.22 bits per heavy atom. The van der Waals surface area contributed by atoms with Gasteiger partial charge < -0.3 is 9.73 Å². The topological polar surface area (TPSA) is 88.4 Å². The SMILES string of the molecule is Cc1ccc([C@H](C)NS(=O)(=O)c2ccc3c(c2)CCC(=O)N3)o1. The second-order valence-corrected chi connectivity index (χ2v) is 7.37. The smallest absolute Gasteiger partial charge is 0.241 e. The molecule has 2 heterocycles. The summed E-state index contributed by atoms with van der Waals surface area (Å²) in [6.07, 6.45) is 0.906. The van der Waals surface area contributed by atoms with E-state index in [1.165, 1.54) is 6.07 Å². The van der Waals surface area contributed by atoms with Crippen molar-refractivity contribution >= 4 is 21.6 Å². The zero-order chi connectivity index (χ0) is 16.6. The maximum atomic E-state index is 12.5. The number of carbonyl (C=O) groups is 1. The van der Waals surface area contributed by atoms with Gasteiger partial charge in [0.2, 0.25) is 15.9 Å². The third-order valence-electron chi connectivity index (χ3n) is 3.80. The van der Waals surface area contributed by atoms with E-state index in [0.717, 1.165) is 11.3 Å². The molecule has 6 nitrogen and oxygen atoms in total. The standard InChI is InChI=1S/C16H18N2O4S/c1-10-3-7-15(22-10)11(2)18-23(20,21)13-5-6-14-12(9-13)4-8-16(19)17-14/h3,5-7,9,11,18H,4,8H2,1-2H3,(H,17,19)/t11-/m0/s1. The molecule has 0 radical (unpaired) electrons. The molecule has 0 saturated heterocycles. The normalized spacial score (nSPS) is 15.8. The number of sulfonamides is 1. The van der Waals surface area contributed by atoms with Crippen LogP contribution in [0.4, 0.5) is 5.69 Å². The van der Waals surface area contributed by atoms with E-state index in [4.69, 9.17) is 4.42 Å². The van der Waals surface area contributed by atoms with Gasteiger partial charge in [-0.1, -0.05) is 0 Å². The minimum atomic E-state index is -3.67. The van der Waals surface area contributed by atoms with Crippen molar-refractivity contribution in [2.24, 2.45) is 0 Å². The number of fused-ring (bicyclic) bond motifs is 1. The zero-order valence-electron chi connectivity index (χ0n) is 12.9. The Labute approximate surface area is 134 Å². The second kappa shape index (κ2) is 5.82. The van der Waals surface area contributed by atoms with E-state index in [0.29, 0.717) is 24.3 Å². The van der Waals surface area contributed by atoms with Gasteiger partial charge in [0.15, 0.2) is 0 Å². The van der Waals surface area contributed by atoms with E-state index in [1.807, 2.05) is 6.92 Å². The number of hydrogen-bond acceptors (Lipinski definition) is 4. The predicted octanol–water partition coefficient (Wildman–Crippen LogP) is 2.51. The van der Waals surface area contributed by atoms with Crippen molar-refractivity contribution in [3.05, 3.63) is 47.4 Å². The molecule has 0 unspecified atom stereocenters. The molecule has 0 spiro atoms. The maximum absolute atomic E-state index is 12.5. The average Bonchev–Trinajstić information content (AvgIpc) is 2.93. The monoisotopic (exact) mass is 334 g/mol. The van der Waals surface area contributed by atoms with Crippen molar-refractivity contribution in [2.45, 2.75) is 37.6 Å². The van der Waals surface area contributed by atoms with Crippen LogP contribution >= 0.6 is 0 Å². The van der Waals surface area contributed by atoms with Crippen molar-refractivity contribution in [3.63, 3.8) is 0 Å². The first kappa shape index (κ1) is 15.8. The Kier molecular flexibility index (Phi) is 3.99. The van der Waals surface area contributed by atoms with E-state index < -0.39 is 16.1 Å². The lowest BCUT2D eigenvalue weighted by atomic mass is 10.0. The average molecular weight is 334 g/mol. The summed E-state index contributed by atoms with van der Waals surface area (Å²) in [5, 5.41) is 2.74. The minimum absolute atomic E-state index is 0.0481. The molecule has 0 saturated carbocycles. The summed E-state index contributed by atoms with van der Waals surface area (Å²) in [6, 6.07) is 7.81. The van der Waals surface area contributed by atoms with Crippen LogP contribution in [0.3, 0.4) is 0 Å². The first-order valence-corrected chi connectivity index (χ1v) is 8.85. The lowest BCUT2D eigenvalue weighted by Gasteiger charge is -2.18. The van der Waals surface area contributed by atoms with Gasteiger partial charge in [0.05, 0.1) is 10.9 Å². The molecule has 2 aromatic rings. The van der Waals surface area contributed by atoms with Crippen molar-refractivity contribution in [1.82, 2.24) is 4.72 Å². The van der Waals surface area contributed by atoms with Crippen LogP contribution in [0.15, 0.2) is 39.6 Å². The van der Waals surface area contributed by atoms with Gasteiger partial charge in [-0.05, 0) is 56.2 Å². The molecule has 1 aliphatic rings. The van der Waals surface area contributed by atoms with Gasteiger partial charge in [0.25, 0.3) is 0 Å². The number of hydrogen-bond donors (Lipinski definition) is 2. The van der Waals surface area contributed by atoms with Crippen LogP contribution in [0, 0.1) is 6.92 Å². The highest BCUT2D eigenvalue weighted by Gasteiger charge is 2.23. The van der Waals surface area contributed by atoms with E-state index >= 15 is 0 Å². The summed E-state index contributed by atoms with van der Waals surface area (Å²) in [5.74, 6) is 1.25. The third-order valence-corrected chi connectivity index (χ3v) is 5.34. The minimum Gasteiger partial charge on any atom is -0.465 e. The fraction of sp³-hybridized carbons (Fsp3) is 0.312. The fourth-order valence-electron chi connectivity index (χ4n) is 2.57. The number of nitrogens with one attached hydrogen (secondary N) is 2. The predicted molar refractivity (Wildman–Crippen MR) is 85.6 cm³/mol. The number of furan rings is 1. The van der Waals surface area contributed by atoms with Crippen LogP contribution in [-0.2, 0) is 21.2 Å². The van der Waals surface area contributed by atoms with Crippen LogP contribution in [0.2, 0.25) is 0 Å². The summed E-state index contributed by atoms with van der Waals surface area (Å²) in [5.41, 5.74) is 1.50. The van der Waals surface area contributed by atoms with E-state index in [9.17, 15) is 13.2 Å². The molecule has 122 valence electrons. The molecule has 1 aromatic heterocycles. The Morgan fingerprint density at radius 3 is 2.70 bits per heavy atom. The lowest BCUT2D eigenvalue weighted by Crippen LogP contribution is -2.27. The van der Waals surface area contributed by atoms with Gasteiger partial charge in [-0.2, -0.15) is 0 Å². The summed E-state index contributed by atoms with van der Waals surface area (Å²) in [7, 11) is -3.67. The first-order chi connectivity index (χ1) is 10.8. The number of amides is 1. The van der Waals surface area contributed by atoms with Crippen LogP contribution in [0.25, 0.3) is 0 Å². The molecule has 1 amide bonds. The zero-order valence-corrected chi connectivity index (χ0v) is 13.7. The van der Waals surface area contributed by atoms with Gasteiger partial charge in [-0.3, -0.25) is 4.79 Å². The Balaban J connectivity index is 1.84. The Morgan fingerprint density at radius 2 is 2.00 bits per heavy atom. The van der Waals surface area contributed by atoms with Gasteiger partial charge in [-0.15, -0.1) is 0 Å². The second-order valence-electron chi connectivity index (χ2n) is 5.66. The van der Waals surface area contributed by atoms with Crippen molar-refractivity contribution in [1.29, 1.82) is 0 Å². The molecule has 0 fully saturated rings. The summed E-state index contributed by atoms with van der Waals surface area (Å²) >= 11 is 0. The van der Waals surface area contributed by atoms with Crippen molar-refractivity contribution in [2.75, 3.05) is 5.32 Å². The molecule has 1 aromatic carbocycles. The van der Waals surface area contributed by atoms with Crippen molar-refractivity contribution < 1.29 is 17.6 Å². The quantitative estimate of drug-likeness (QED) is 0.899. The number of anilines is 1. The fourth-order valence-corrected chi connectivity index (χ4v) is 3.83. The van der Waals surface area contributed by atoms with Gasteiger partial charge in [0, 0.05) is 12.1 Å². The highest BCUT2D eigenvalue weighted by atomic mass is 32.2. The summed E-state index contributed by atoms with van der Waals surface area (Å²) in [4.78, 5) is 11.5. The van der Waals surface area contributed by atoms with Crippen LogP contribution < -0.4 is 10.0 Å². The first-order valence-electron chi connectivity index (χ1n) is 7.36. The maximum Gasteiger partial charge on any atom is 0.241 e. The Bertz CT molecular complexity index is 855. The molecule has 0 bridgehead atoms. The summed E-state index contributed by atoms with van der Waals surface area (Å²) < 4.78 is 33.1. The van der Waals surface area contributed by atoms with E-state index in [1.54, 1.807) is 31.2 Å². The highest BCUT2D eigenvalue weighted by Crippen LogP contribution is 2.26. The van der Waals surface area contributed by atoms with E-state index in [2.05, 4.69) is 10.0 Å². The van der Waals surface area contributed by atoms with E-state index in [-0.39, 0.29) is 10.8 Å². The van der Waals surface area contributed by atoms with Crippen LogP contribution in [-0.4, -0.2) is 14.3 Å². The molecular weight excluding hydrogens is 316 g/mol. The molecule has 2 N–H and O–H groups in total. The van der Waals surface area contributed by atoms with Crippen molar-refractivity contribution in [3.8, 4) is 0 Å². The summed E-state index contributed by atoms with van der Waals surface area (Å²) in [6.45, 7) is 3.54.